The van der Waals surface area contributed by atoms with Gasteiger partial charge in [-0.25, -0.2) is 4.98 Å². The summed E-state index contributed by atoms with van der Waals surface area (Å²) in [5, 5.41) is 32.6. The van der Waals surface area contributed by atoms with Crippen LogP contribution in [0.5, 0.6) is 11.5 Å². The molecule has 0 aliphatic carbocycles. The number of nitrogens with zero attached hydrogens (tertiary/aromatic N) is 2. The summed E-state index contributed by atoms with van der Waals surface area (Å²) in [5.74, 6) is -0.700. The van der Waals surface area contributed by atoms with Gasteiger partial charge < -0.3 is 25.4 Å². The van der Waals surface area contributed by atoms with Crippen molar-refractivity contribution in [2.45, 2.75) is 0 Å². The first-order valence-corrected chi connectivity index (χ1v) is 10.5. The van der Waals surface area contributed by atoms with Gasteiger partial charge in [0.1, 0.15) is 11.3 Å². The molecule has 5 heterocycles. The normalized spacial score (nSPS) is 11.5. The molecule has 5 N–H and O–H groups in total. The predicted molar refractivity (Wildman–Crippen MR) is 131 cm³/mol. The molecule has 4 aromatic heterocycles. The molecule has 0 unspecified atom stereocenters. The van der Waals surface area contributed by atoms with E-state index in [9.17, 15) is 20.2 Å². The van der Waals surface area contributed by atoms with Crippen molar-refractivity contribution in [1.29, 1.82) is 0 Å². The summed E-state index contributed by atoms with van der Waals surface area (Å²) in [4.78, 5) is 24.1. The van der Waals surface area contributed by atoms with Crippen molar-refractivity contribution < 1.29 is 37.8 Å². The maximum atomic E-state index is 13.4. The van der Waals surface area contributed by atoms with E-state index in [1.807, 2.05) is 30.3 Å². The molecular weight excluding hydrogens is 540 g/mol. The first kappa shape index (κ1) is 22.5. The minimum atomic E-state index is -0.766. The molecule has 8 bridgehead atoms. The number of aromatic nitrogens is 4. The first-order chi connectivity index (χ1) is 16.5. The third-order valence-electron chi connectivity index (χ3n) is 5.79. The van der Waals surface area contributed by atoms with Crippen LogP contribution in [0.4, 0.5) is 0 Å². The van der Waals surface area contributed by atoms with Crippen LogP contribution in [0.2, 0.25) is 0 Å². The number of benzene rings is 1. The fourth-order valence-electron chi connectivity index (χ4n) is 4.25. The maximum absolute atomic E-state index is 13.4. The topological polar surface area (TPSA) is 127 Å². The monoisotopic (exact) mass is 557 g/mol. The van der Waals surface area contributed by atoms with Gasteiger partial charge in [0, 0.05) is 45.0 Å². The minimum absolute atomic E-state index is 0. The van der Waals surface area contributed by atoms with Gasteiger partial charge >= 0.3 is 0 Å². The van der Waals surface area contributed by atoms with Crippen molar-refractivity contribution in [3.05, 3.63) is 88.3 Å². The summed E-state index contributed by atoms with van der Waals surface area (Å²) in [7, 11) is 0. The van der Waals surface area contributed by atoms with Gasteiger partial charge in [-0.2, -0.15) is 4.73 Å². The van der Waals surface area contributed by atoms with E-state index in [0.29, 0.717) is 27.2 Å². The fraction of sp³-hybridized carbons (Fsp3) is 0. The summed E-state index contributed by atoms with van der Waals surface area (Å²) in [6, 6.07) is 19.3. The van der Waals surface area contributed by atoms with Gasteiger partial charge in [0.25, 0.3) is 0 Å². The second-order valence-electron chi connectivity index (χ2n) is 8.05. The second-order valence-corrected chi connectivity index (χ2v) is 8.05. The van der Waals surface area contributed by atoms with E-state index in [2.05, 4.69) is 15.0 Å². The number of aromatic hydroxyl groups is 2. The summed E-state index contributed by atoms with van der Waals surface area (Å²) < 4.78 is 0.643. The Morgan fingerprint density at radius 3 is 2.23 bits per heavy atom. The van der Waals surface area contributed by atoms with E-state index in [1.165, 1.54) is 6.07 Å². The molecular formula is C26H18AgN4O4. The van der Waals surface area contributed by atoms with Gasteiger partial charge in [0.05, 0.1) is 22.5 Å². The van der Waals surface area contributed by atoms with Crippen LogP contribution in [0.25, 0.3) is 56.4 Å². The second kappa shape index (κ2) is 8.52. The molecule has 0 fully saturated rings. The molecule has 5 aromatic rings. The van der Waals surface area contributed by atoms with Crippen LogP contribution < -0.4 is 5.43 Å². The van der Waals surface area contributed by atoms with E-state index in [1.54, 1.807) is 42.5 Å². The average molecular weight is 558 g/mol. The van der Waals surface area contributed by atoms with Crippen LogP contribution in [0.3, 0.4) is 0 Å². The van der Waals surface area contributed by atoms with Crippen LogP contribution in [-0.2, 0) is 22.4 Å². The smallest absolute Gasteiger partial charge is 0.236 e. The average Bonchev–Trinajstić information content (AvgIpc) is 3.58. The third kappa shape index (κ3) is 3.79. The molecule has 0 atom stereocenters. The van der Waals surface area contributed by atoms with Crippen molar-refractivity contribution in [3.8, 4) is 22.6 Å². The van der Waals surface area contributed by atoms with E-state index >= 15 is 0 Å². The van der Waals surface area contributed by atoms with Gasteiger partial charge in [0.15, 0.2) is 11.3 Å². The number of nitrogens with one attached hydrogen (secondary N) is 2. The molecule has 0 spiro atoms. The summed E-state index contributed by atoms with van der Waals surface area (Å²) in [6.45, 7) is 0. The largest absolute Gasteiger partial charge is 0.506 e. The molecule has 1 aromatic carbocycles. The van der Waals surface area contributed by atoms with Gasteiger partial charge in [-0.3, -0.25) is 4.79 Å². The molecule has 1 radical (unpaired) electrons. The van der Waals surface area contributed by atoms with Crippen LogP contribution >= 0.6 is 0 Å². The molecule has 9 heteroatoms. The molecule has 0 saturated carbocycles. The van der Waals surface area contributed by atoms with E-state index < -0.39 is 11.2 Å². The number of fused-ring (bicyclic) bond motifs is 8. The fourth-order valence-corrected chi connectivity index (χ4v) is 4.25. The Morgan fingerprint density at radius 1 is 0.800 bits per heavy atom. The zero-order chi connectivity index (χ0) is 23.4. The standard InChI is InChI=1S/C26H18N4O4.Ag/c31-21-13-19-11-17-7-6-15(27-17)10-16-8-9-18(28-16)12-20-22(14-4-2-1-3-5-14)25(32)24(30(20)34)26(33)23(21)29-19;/h1-13,27,29,31-32,34H;. The first-order valence-electron chi connectivity index (χ1n) is 10.5. The van der Waals surface area contributed by atoms with Crippen LogP contribution in [0.1, 0.15) is 11.4 Å². The number of hydrogen-bond donors (Lipinski definition) is 5. The Labute approximate surface area is 213 Å². The zero-order valence-corrected chi connectivity index (χ0v) is 19.4. The molecule has 1 aliphatic heterocycles. The van der Waals surface area contributed by atoms with Crippen molar-refractivity contribution in [2.24, 2.45) is 0 Å². The maximum Gasteiger partial charge on any atom is 0.236 e. The SMILES string of the molecule is O=c1c2[nH]c(cc2O)cc2ccc(cc3nc(cc4c(-c5ccccc5)c(O)c1n4O)C=C3)[nH]2.[Ag]. The van der Waals surface area contributed by atoms with Gasteiger partial charge in [-0.05, 0) is 48.0 Å². The number of H-pyrrole nitrogens is 2. The number of aromatic amines is 2. The molecule has 35 heavy (non-hydrogen) atoms. The number of hydrogen-bond acceptors (Lipinski definition) is 5. The number of rotatable bonds is 1. The Balaban J connectivity index is 0.00000253. The van der Waals surface area contributed by atoms with Crippen LogP contribution in [0.15, 0.2) is 71.5 Å². The van der Waals surface area contributed by atoms with Crippen molar-refractivity contribution >= 4 is 45.3 Å². The Bertz CT molecular complexity index is 1820. The molecule has 1 aliphatic rings. The van der Waals surface area contributed by atoms with Crippen molar-refractivity contribution in [2.75, 3.05) is 0 Å². The Hall–Kier alpha value is -4.24. The van der Waals surface area contributed by atoms with E-state index in [-0.39, 0.29) is 50.2 Å². The summed E-state index contributed by atoms with van der Waals surface area (Å²) in [5.41, 5.74) is 3.05. The van der Waals surface area contributed by atoms with Gasteiger partial charge in [-0.15, -0.1) is 0 Å². The molecule has 0 saturated heterocycles. The van der Waals surface area contributed by atoms with Gasteiger partial charge in [-0.1, -0.05) is 30.3 Å². The molecule has 0 amide bonds. The van der Waals surface area contributed by atoms with E-state index in [0.717, 1.165) is 11.0 Å². The molecule has 8 nitrogen and oxygen atoms in total. The Morgan fingerprint density at radius 2 is 1.49 bits per heavy atom. The summed E-state index contributed by atoms with van der Waals surface area (Å²) in [6.07, 6.45) is 3.62. The minimum Gasteiger partial charge on any atom is -0.506 e. The summed E-state index contributed by atoms with van der Waals surface area (Å²) >= 11 is 0. The quantitative estimate of drug-likeness (QED) is 0.146. The van der Waals surface area contributed by atoms with Gasteiger partial charge in [0.2, 0.25) is 5.43 Å². The predicted octanol–water partition coefficient (Wildman–Crippen LogP) is 4.84. The zero-order valence-electron chi connectivity index (χ0n) is 18.0. The third-order valence-corrected chi connectivity index (χ3v) is 5.79. The van der Waals surface area contributed by atoms with Crippen LogP contribution in [-0.4, -0.2) is 35.1 Å². The molecule has 6 rings (SSSR count). The van der Waals surface area contributed by atoms with E-state index in [4.69, 9.17) is 0 Å². The van der Waals surface area contributed by atoms with Crippen LogP contribution in [0, 0.1) is 0 Å². The van der Waals surface area contributed by atoms with Crippen molar-refractivity contribution in [3.63, 3.8) is 0 Å². The van der Waals surface area contributed by atoms with Crippen molar-refractivity contribution in [1.82, 2.24) is 19.7 Å². The Kier molecular flexibility index (Phi) is 5.49. The molecule has 177 valence electrons.